The number of methoxy groups -OCH3 is 2. The highest BCUT2D eigenvalue weighted by Crippen LogP contribution is 2.48. The van der Waals surface area contributed by atoms with Crippen LogP contribution in [0.4, 0.5) is 0 Å². The van der Waals surface area contributed by atoms with Crippen molar-refractivity contribution in [1.29, 1.82) is 0 Å². The number of benzene rings is 1. The molecule has 1 heterocycles. The summed E-state index contributed by atoms with van der Waals surface area (Å²) in [5.74, 6) is -0.808. The number of hydrogen-bond donors (Lipinski definition) is 2. The van der Waals surface area contributed by atoms with Gasteiger partial charge in [0.1, 0.15) is 11.9 Å². The van der Waals surface area contributed by atoms with Crippen LogP contribution >= 0.6 is 0 Å². The number of nitrogens with zero attached hydrogens (tertiary/aromatic N) is 1. The molecular formula is C16H19NO4. The molecule has 0 saturated heterocycles. The van der Waals surface area contributed by atoms with E-state index < -0.39 is 11.9 Å². The van der Waals surface area contributed by atoms with Gasteiger partial charge in [-0.15, -0.1) is 0 Å². The Kier molecular flexibility index (Phi) is 3.36. The molecule has 1 aliphatic carbocycles. The minimum absolute atomic E-state index is 0.127. The number of pyridine rings is 1. The monoisotopic (exact) mass is 289 g/mol. The van der Waals surface area contributed by atoms with E-state index in [0.717, 1.165) is 22.0 Å². The Labute approximate surface area is 123 Å². The fraction of sp³-hybridized carbons (Fsp3) is 0.438. The zero-order chi connectivity index (χ0) is 15.2. The second-order valence-corrected chi connectivity index (χ2v) is 5.56. The molecule has 21 heavy (non-hydrogen) atoms. The SMILES string of the molecule is COC1(OC)C[C@@H](C)c2cnc3ccc(O)cc3c2[C@H]1O. The normalized spacial score (nSPS) is 24.0. The van der Waals surface area contributed by atoms with Crippen LogP contribution in [0.5, 0.6) is 5.75 Å². The quantitative estimate of drug-likeness (QED) is 0.831. The Hall–Kier alpha value is -1.69. The zero-order valence-electron chi connectivity index (χ0n) is 12.3. The predicted octanol–water partition coefficient (Wildman–Crippen LogP) is 2.47. The Morgan fingerprint density at radius 2 is 2.00 bits per heavy atom. The number of ether oxygens (including phenoxy) is 2. The molecule has 0 bridgehead atoms. The first-order valence-corrected chi connectivity index (χ1v) is 6.92. The van der Waals surface area contributed by atoms with Crippen LogP contribution in [0.15, 0.2) is 24.4 Å². The number of aromatic hydroxyl groups is 1. The van der Waals surface area contributed by atoms with E-state index in [9.17, 15) is 10.2 Å². The molecule has 0 saturated carbocycles. The number of phenolic OH excluding ortho intramolecular Hbond substituents is 1. The lowest BCUT2D eigenvalue weighted by molar-refractivity contribution is -0.271. The summed E-state index contributed by atoms with van der Waals surface area (Å²) < 4.78 is 11.0. The summed E-state index contributed by atoms with van der Waals surface area (Å²) in [6.45, 7) is 2.05. The van der Waals surface area contributed by atoms with E-state index in [1.807, 2.05) is 6.92 Å². The highest BCUT2D eigenvalue weighted by molar-refractivity contribution is 5.85. The molecule has 0 amide bonds. The maximum atomic E-state index is 10.8. The van der Waals surface area contributed by atoms with Crippen LogP contribution in [0, 0.1) is 0 Å². The summed E-state index contributed by atoms with van der Waals surface area (Å²) in [4.78, 5) is 4.42. The first-order valence-electron chi connectivity index (χ1n) is 6.92. The van der Waals surface area contributed by atoms with E-state index in [4.69, 9.17) is 9.47 Å². The molecule has 1 aromatic heterocycles. The third-order valence-electron chi connectivity index (χ3n) is 4.43. The van der Waals surface area contributed by atoms with E-state index in [1.54, 1.807) is 24.4 Å². The van der Waals surface area contributed by atoms with Gasteiger partial charge in [-0.2, -0.15) is 0 Å². The number of aromatic nitrogens is 1. The molecule has 0 radical (unpaired) electrons. The van der Waals surface area contributed by atoms with Gasteiger partial charge in [0.05, 0.1) is 5.52 Å². The van der Waals surface area contributed by atoms with E-state index in [-0.39, 0.29) is 11.7 Å². The summed E-state index contributed by atoms with van der Waals surface area (Å²) in [5, 5.41) is 21.3. The maximum absolute atomic E-state index is 10.8. The fourth-order valence-electron chi connectivity index (χ4n) is 3.26. The highest BCUT2D eigenvalue weighted by Gasteiger charge is 2.47. The van der Waals surface area contributed by atoms with Crippen LogP contribution in [-0.4, -0.2) is 35.2 Å². The van der Waals surface area contributed by atoms with Crippen molar-refractivity contribution in [3.05, 3.63) is 35.5 Å². The minimum atomic E-state index is -1.08. The van der Waals surface area contributed by atoms with Gasteiger partial charge in [-0.05, 0) is 29.7 Å². The third kappa shape index (κ3) is 2.00. The largest absolute Gasteiger partial charge is 0.508 e. The fourth-order valence-corrected chi connectivity index (χ4v) is 3.26. The molecule has 5 heteroatoms. The van der Waals surface area contributed by atoms with E-state index in [0.29, 0.717) is 6.42 Å². The van der Waals surface area contributed by atoms with Crippen LogP contribution in [0.1, 0.15) is 36.5 Å². The zero-order valence-corrected chi connectivity index (χ0v) is 12.3. The van der Waals surface area contributed by atoms with Crippen molar-refractivity contribution in [1.82, 2.24) is 4.98 Å². The number of rotatable bonds is 2. The van der Waals surface area contributed by atoms with Crippen molar-refractivity contribution in [3.63, 3.8) is 0 Å². The van der Waals surface area contributed by atoms with Crippen LogP contribution in [0.25, 0.3) is 10.9 Å². The molecule has 0 fully saturated rings. The van der Waals surface area contributed by atoms with E-state index in [1.165, 1.54) is 14.2 Å². The summed E-state index contributed by atoms with van der Waals surface area (Å²) in [5.41, 5.74) is 2.41. The van der Waals surface area contributed by atoms with Gasteiger partial charge in [0.15, 0.2) is 5.79 Å². The molecule has 0 spiro atoms. The minimum Gasteiger partial charge on any atom is -0.508 e. The first kappa shape index (κ1) is 14.3. The molecule has 1 aliphatic rings. The molecule has 3 rings (SSSR count). The number of aliphatic hydroxyl groups excluding tert-OH is 1. The van der Waals surface area contributed by atoms with Crippen LogP contribution in [-0.2, 0) is 9.47 Å². The molecule has 2 atom stereocenters. The lowest BCUT2D eigenvalue weighted by atomic mass is 9.77. The van der Waals surface area contributed by atoms with Gasteiger partial charge >= 0.3 is 0 Å². The van der Waals surface area contributed by atoms with Gasteiger partial charge in [-0.3, -0.25) is 4.98 Å². The second kappa shape index (κ2) is 4.94. The van der Waals surface area contributed by atoms with Crippen molar-refractivity contribution in [2.24, 2.45) is 0 Å². The van der Waals surface area contributed by atoms with E-state index >= 15 is 0 Å². The maximum Gasteiger partial charge on any atom is 0.198 e. The lowest BCUT2D eigenvalue weighted by Crippen LogP contribution is -2.45. The molecule has 2 aromatic rings. The molecule has 0 aliphatic heterocycles. The number of fused-ring (bicyclic) bond motifs is 3. The van der Waals surface area contributed by atoms with Gasteiger partial charge < -0.3 is 19.7 Å². The van der Waals surface area contributed by atoms with Gasteiger partial charge in [-0.25, -0.2) is 0 Å². The van der Waals surface area contributed by atoms with Crippen molar-refractivity contribution in [2.75, 3.05) is 14.2 Å². The molecule has 2 N–H and O–H groups in total. The summed E-state index contributed by atoms with van der Waals surface area (Å²) in [7, 11) is 3.07. The Bertz CT molecular complexity index is 681. The lowest BCUT2D eigenvalue weighted by Gasteiger charge is -2.42. The summed E-state index contributed by atoms with van der Waals surface area (Å²) in [6.07, 6.45) is 1.39. The summed E-state index contributed by atoms with van der Waals surface area (Å²) in [6, 6.07) is 4.94. The Morgan fingerprint density at radius 3 is 2.67 bits per heavy atom. The van der Waals surface area contributed by atoms with E-state index in [2.05, 4.69) is 4.98 Å². The van der Waals surface area contributed by atoms with Crippen LogP contribution < -0.4 is 0 Å². The second-order valence-electron chi connectivity index (χ2n) is 5.56. The topological polar surface area (TPSA) is 71.8 Å². The standard InChI is InChI=1S/C16H19NO4/c1-9-7-16(20-2,21-3)15(19)14-11-6-10(18)4-5-13(11)17-8-12(9)14/h4-6,8-9,15,18-19H,7H2,1-3H3/t9-,15-/m1/s1. The van der Waals surface area contributed by atoms with Crippen molar-refractivity contribution in [2.45, 2.75) is 31.2 Å². The average molecular weight is 289 g/mol. The molecular weight excluding hydrogens is 270 g/mol. The predicted molar refractivity (Wildman–Crippen MR) is 78.1 cm³/mol. The van der Waals surface area contributed by atoms with Crippen LogP contribution in [0.3, 0.4) is 0 Å². The average Bonchev–Trinajstić information content (AvgIpc) is 2.50. The Balaban J connectivity index is 2.31. The van der Waals surface area contributed by atoms with Gasteiger partial charge in [0.2, 0.25) is 0 Å². The molecule has 1 aromatic carbocycles. The Morgan fingerprint density at radius 1 is 1.29 bits per heavy atom. The highest BCUT2D eigenvalue weighted by atomic mass is 16.7. The smallest absolute Gasteiger partial charge is 0.198 e. The number of aliphatic hydroxyl groups is 1. The third-order valence-corrected chi connectivity index (χ3v) is 4.43. The van der Waals surface area contributed by atoms with Crippen molar-refractivity contribution >= 4 is 10.9 Å². The van der Waals surface area contributed by atoms with Crippen molar-refractivity contribution < 1.29 is 19.7 Å². The van der Waals surface area contributed by atoms with Crippen molar-refractivity contribution in [3.8, 4) is 5.75 Å². The first-order chi connectivity index (χ1) is 10.0. The molecule has 112 valence electrons. The van der Waals surface area contributed by atoms with Crippen LogP contribution in [0.2, 0.25) is 0 Å². The number of phenols is 1. The molecule has 0 unspecified atom stereocenters. The van der Waals surface area contributed by atoms with Gasteiger partial charge in [0.25, 0.3) is 0 Å². The summed E-state index contributed by atoms with van der Waals surface area (Å²) >= 11 is 0. The van der Waals surface area contributed by atoms with Gasteiger partial charge in [-0.1, -0.05) is 6.92 Å². The number of hydrogen-bond acceptors (Lipinski definition) is 5. The van der Waals surface area contributed by atoms with Gasteiger partial charge in [0, 0.05) is 37.8 Å². The molecule has 5 nitrogen and oxygen atoms in total.